The Morgan fingerprint density at radius 2 is 1.97 bits per heavy atom. The third-order valence-electron chi connectivity index (χ3n) is 5.19. The number of carbonyl (C=O) groups is 1. The van der Waals surface area contributed by atoms with E-state index in [0.717, 1.165) is 33.5 Å². The van der Waals surface area contributed by atoms with Crippen molar-refractivity contribution in [3.8, 4) is 5.69 Å². The predicted molar refractivity (Wildman–Crippen MR) is 123 cm³/mol. The van der Waals surface area contributed by atoms with Crippen molar-refractivity contribution in [2.45, 2.75) is 13.3 Å². The molecule has 0 aliphatic rings. The zero-order valence-electron chi connectivity index (χ0n) is 16.3. The highest BCUT2D eigenvalue weighted by atomic mass is 35.5. The monoisotopic (exact) mass is 434 g/mol. The molecule has 5 aromatic rings. The van der Waals surface area contributed by atoms with Crippen molar-refractivity contribution in [3.05, 3.63) is 82.0 Å². The van der Waals surface area contributed by atoms with Gasteiger partial charge in [0.15, 0.2) is 0 Å². The van der Waals surface area contributed by atoms with E-state index < -0.39 is 0 Å². The van der Waals surface area contributed by atoms with Crippen molar-refractivity contribution >= 4 is 50.0 Å². The summed E-state index contributed by atoms with van der Waals surface area (Å²) in [6.45, 7) is 2.54. The standard InChI is InChI=1S/C23H19ClN4OS/c1-14-19-12-21(30-23(19)28(27-14)17-8-6-16(24)7-9-17)22(29)25-11-10-15-13-26-20-5-3-2-4-18(15)20/h2-9,12-13,26H,10-11H2,1H3,(H,25,29). The number of rotatable bonds is 5. The average Bonchev–Trinajstić information content (AvgIpc) is 3.44. The number of nitrogens with one attached hydrogen (secondary N) is 2. The zero-order valence-corrected chi connectivity index (χ0v) is 17.8. The highest BCUT2D eigenvalue weighted by molar-refractivity contribution is 7.20. The van der Waals surface area contributed by atoms with Crippen LogP contribution < -0.4 is 5.32 Å². The van der Waals surface area contributed by atoms with Gasteiger partial charge in [-0.2, -0.15) is 5.10 Å². The maximum absolute atomic E-state index is 12.8. The van der Waals surface area contributed by atoms with E-state index >= 15 is 0 Å². The van der Waals surface area contributed by atoms with Crippen LogP contribution in [-0.2, 0) is 6.42 Å². The van der Waals surface area contributed by atoms with Crippen LogP contribution in [0.4, 0.5) is 0 Å². The van der Waals surface area contributed by atoms with Crippen LogP contribution in [0.2, 0.25) is 5.02 Å². The fourth-order valence-electron chi connectivity index (χ4n) is 3.65. The van der Waals surface area contributed by atoms with E-state index in [9.17, 15) is 4.79 Å². The van der Waals surface area contributed by atoms with Gasteiger partial charge in [0, 0.05) is 34.1 Å². The molecule has 2 aromatic carbocycles. The molecule has 5 nitrogen and oxygen atoms in total. The molecule has 0 aliphatic heterocycles. The topological polar surface area (TPSA) is 62.7 Å². The lowest BCUT2D eigenvalue weighted by molar-refractivity contribution is 0.0958. The van der Waals surface area contributed by atoms with Crippen LogP contribution in [0.3, 0.4) is 0 Å². The van der Waals surface area contributed by atoms with Gasteiger partial charge >= 0.3 is 0 Å². The first kappa shape index (κ1) is 18.9. The number of para-hydroxylation sites is 1. The smallest absolute Gasteiger partial charge is 0.261 e. The van der Waals surface area contributed by atoms with E-state index in [1.807, 2.05) is 60.3 Å². The summed E-state index contributed by atoms with van der Waals surface area (Å²) in [5.41, 5.74) is 4.14. The van der Waals surface area contributed by atoms with Crippen molar-refractivity contribution in [1.82, 2.24) is 20.1 Å². The Bertz CT molecular complexity index is 1360. The molecule has 1 amide bonds. The zero-order chi connectivity index (χ0) is 20.7. The van der Waals surface area contributed by atoms with Crippen LogP contribution >= 0.6 is 22.9 Å². The fraction of sp³-hybridized carbons (Fsp3) is 0.130. The summed E-state index contributed by atoms with van der Waals surface area (Å²) in [5, 5.41) is 10.6. The van der Waals surface area contributed by atoms with E-state index in [-0.39, 0.29) is 5.91 Å². The average molecular weight is 435 g/mol. The summed E-state index contributed by atoms with van der Waals surface area (Å²) in [7, 11) is 0. The Morgan fingerprint density at radius 3 is 2.80 bits per heavy atom. The Hall–Kier alpha value is -3.09. The second kappa shape index (κ2) is 7.63. The molecule has 3 heterocycles. The van der Waals surface area contributed by atoms with E-state index in [2.05, 4.69) is 27.5 Å². The number of benzene rings is 2. The highest BCUT2D eigenvalue weighted by Gasteiger charge is 2.17. The number of fused-ring (bicyclic) bond motifs is 2. The van der Waals surface area contributed by atoms with Gasteiger partial charge < -0.3 is 10.3 Å². The molecule has 0 atom stereocenters. The third-order valence-corrected chi connectivity index (χ3v) is 6.56. The Morgan fingerprint density at radius 1 is 1.17 bits per heavy atom. The van der Waals surface area contributed by atoms with Crippen molar-refractivity contribution in [1.29, 1.82) is 0 Å². The fourth-order valence-corrected chi connectivity index (χ4v) is 4.88. The summed E-state index contributed by atoms with van der Waals surface area (Å²) < 4.78 is 1.87. The number of carbonyl (C=O) groups excluding carboxylic acids is 1. The number of thiophene rings is 1. The summed E-state index contributed by atoms with van der Waals surface area (Å²) in [6, 6.07) is 17.7. The van der Waals surface area contributed by atoms with Crippen LogP contribution in [0, 0.1) is 6.92 Å². The van der Waals surface area contributed by atoms with Crippen LogP contribution in [0.5, 0.6) is 0 Å². The number of hydrogen-bond acceptors (Lipinski definition) is 3. The quantitative estimate of drug-likeness (QED) is 0.383. The van der Waals surface area contributed by atoms with Gasteiger partial charge in [-0.05, 0) is 55.3 Å². The molecule has 0 fully saturated rings. The summed E-state index contributed by atoms with van der Waals surface area (Å²) in [6.07, 6.45) is 2.79. The molecular weight excluding hydrogens is 416 g/mol. The molecule has 30 heavy (non-hydrogen) atoms. The van der Waals surface area contributed by atoms with E-state index in [1.165, 1.54) is 22.3 Å². The summed E-state index contributed by atoms with van der Waals surface area (Å²) in [5.74, 6) is -0.0573. The Labute approximate surface area is 182 Å². The number of aromatic nitrogens is 3. The van der Waals surface area contributed by atoms with Crippen LogP contribution in [0.15, 0.2) is 60.8 Å². The molecule has 0 radical (unpaired) electrons. The molecule has 0 aliphatic carbocycles. The van der Waals surface area contributed by atoms with Gasteiger partial charge in [-0.3, -0.25) is 4.79 Å². The van der Waals surface area contributed by atoms with Gasteiger partial charge in [-0.15, -0.1) is 11.3 Å². The van der Waals surface area contributed by atoms with Gasteiger partial charge in [0.2, 0.25) is 0 Å². The summed E-state index contributed by atoms with van der Waals surface area (Å²) in [4.78, 5) is 17.7. The number of halogens is 1. The number of aryl methyl sites for hydroxylation is 1. The molecular formula is C23H19ClN4OS. The SMILES string of the molecule is Cc1nn(-c2ccc(Cl)cc2)c2sc(C(=O)NCCc3c[nH]c4ccccc34)cc12. The number of H-pyrrole nitrogens is 1. The summed E-state index contributed by atoms with van der Waals surface area (Å²) >= 11 is 7.46. The van der Waals surface area contributed by atoms with E-state index in [1.54, 1.807) is 0 Å². The first-order valence-electron chi connectivity index (χ1n) is 9.68. The molecule has 3 aromatic heterocycles. The highest BCUT2D eigenvalue weighted by Crippen LogP contribution is 2.30. The molecule has 0 bridgehead atoms. The molecule has 0 saturated heterocycles. The molecule has 0 saturated carbocycles. The maximum Gasteiger partial charge on any atom is 0.261 e. The van der Waals surface area contributed by atoms with Gasteiger partial charge in [0.25, 0.3) is 5.91 Å². The lowest BCUT2D eigenvalue weighted by atomic mass is 10.1. The normalized spacial score (nSPS) is 11.4. The lowest BCUT2D eigenvalue weighted by Gasteiger charge is -2.04. The Balaban J connectivity index is 1.34. The molecule has 7 heteroatoms. The molecule has 150 valence electrons. The molecule has 5 rings (SSSR count). The first-order chi connectivity index (χ1) is 14.6. The lowest BCUT2D eigenvalue weighted by Crippen LogP contribution is -2.24. The molecule has 0 spiro atoms. The van der Waals surface area contributed by atoms with Crippen molar-refractivity contribution in [2.24, 2.45) is 0 Å². The van der Waals surface area contributed by atoms with Crippen molar-refractivity contribution < 1.29 is 4.79 Å². The largest absolute Gasteiger partial charge is 0.361 e. The number of nitrogens with zero attached hydrogens (tertiary/aromatic N) is 2. The minimum atomic E-state index is -0.0573. The van der Waals surface area contributed by atoms with Crippen molar-refractivity contribution in [2.75, 3.05) is 6.54 Å². The van der Waals surface area contributed by atoms with E-state index in [0.29, 0.717) is 16.4 Å². The van der Waals surface area contributed by atoms with Gasteiger partial charge in [-0.1, -0.05) is 29.8 Å². The van der Waals surface area contributed by atoms with Gasteiger partial charge in [0.05, 0.1) is 16.3 Å². The first-order valence-corrected chi connectivity index (χ1v) is 10.9. The predicted octanol–water partition coefficient (Wildman–Crippen LogP) is 5.50. The maximum atomic E-state index is 12.8. The van der Waals surface area contributed by atoms with Crippen LogP contribution in [0.25, 0.3) is 26.8 Å². The second-order valence-electron chi connectivity index (χ2n) is 7.17. The minimum Gasteiger partial charge on any atom is -0.361 e. The van der Waals surface area contributed by atoms with E-state index in [4.69, 9.17) is 11.6 Å². The Kier molecular flexibility index (Phi) is 4.81. The third kappa shape index (κ3) is 3.38. The van der Waals surface area contributed by atoms with Crippen LogP contribution in [-0.4, -0.2) is 27.2 Å². The number of hydrogen-bond donors (Lipinski definition) is 2. The van der Waals surface area contributed by atoms with Crippen molar-refractivity contribution in [3.63, 3.8) is 0 Å². The van der Waals surface area contributed by atoms with Gasteiger partial charge in [0.1, 0.15) is 4.83 Å². The minimum absolute atomic E-state index is 0.0573. The van der Waals surface area contributed by atoms with Crippen LogP contribution in [0.1, 0.15) is 20.9 Å². The molecule has 0 unspecified atom stereocenters. The number of amides is 1. The molecule has 2 N–H and O–H groups in total. The van der Waals surface area contributed by atoms with Gasteiger partial charge in [-0.25, -0.2) is 4.68 Å². The number of aromatic amines is 1. The second-order valence-corrected chi connectivity index (χ2v) is 8.64.